The van der Waals surface area contributed by atoms with Gasteiger partial charge in [-0.25, -0.2) is 0 Å². The molecule has 6 nitrogen and oxygen atoms in total. The van der Waals surface area contributed by atoms with E-state index in [4.69, 9.17) is 9.63 Å². The monoisotopic (exact) mass is 288 g/mol. The summed E-state index contributed by atoms with van der Waals surface area (Å²) in [6.07, 6.45) is -1.13. The molecular formula is C15H16N2O4. The summed E-state index contributed by atoms with van der Waals surface area (Å²) in [5.74, 6) is 0.211. The Balaban J connectivity index is 1.59. The average molecular weight is 288 g/mol. The Labute approximate surface area is 121 Å². The molecule has 3 rings (SSSR count). The van der Waals surface area contributed by atoms with Crippen LogP contribution in [0.3, 0.4) is 0 Å². The van der Waals surface area contributed by atoms with Gasteiger partial charge in [-0.3, -0.25) is 4.79 Å². The van der Waals surface area contributed by atoms with E-state index in [1.807, 2.05) is 6.07 Å². The Bertz CT molecular complexity index is 620. The number of hydrogen-bond donors (Lipinski definition) is 2. The quantitative estimate of drug-likeness (QED) is 0.870. The highest BCUT2D eigenvalue weighted by atomic mass is 16.5. The molecule has 0 radical (unpaired) electrons. The van der Waals surface area contributed by atoms with E-state index < -0.39 is 6.10 Å². The number of likely N-dealkylation sites (tertiary alicyclic amines) is 1. The minimum atomic E-state index is -1.13. The predicted octanol–water partition coefficient (Wildman–Crippen LogP) is 0.826. The van der Waals surface area contributed by atoms with Gasteiger partial charge < -0.3 is 19.6 Å². The molecular weight excluding hydrogens is 272 g/mol. The van der Waals surface area contributed by atoms with Crippen molar-refractivity contribution in [2.45, 2.75) is 18.6 Å². The molecule has 0 aliphatic carbocycles. The summed E-state index contributed by atoms with van der Waals surface area (Å²) in [5.41, 5.74) is 1.33. The number of benzene rings is 1. The van der Waals surface area contributed by atoms with Gasteiger partial charge in [0.05, 0.1) is 5.69 Å². The zero-order chi connectivity index (χ0) is 14.8. The van der Waals surface area contributed by atoms with Crippen molar-refractivity contribution >= 4 is 5.91 Å². The van der Waals surface area contributed by atoms with Gasteiger partial charge in [-0.2, -0.15) is 0 Å². The molecule has 1 saturated heterocycles. The number of hydrogen-bond acceptors (Lipinski definition) is 5. The number of aliphatic hydroxyl groups excluding tert-OH is 2. The zero-order valence-corrected chi connectivity index (χ0v) is 11.3. The van der Waals surface area contributed by atoms with E-state index in [0.717, 1.165) is 5.69 Å². The molecule has 2 N–H and O–H groups in total. The summed E-state index contributed by atoms with van der Waals surface area (Å²) in [6, 6.07) is 10.6. The maximum atomic E-state index is 12.2. The topological polar surface area (TPSA) is 86.8 Å². The molecule has 1 aliphatic rings. The molecule has 6 heteroatoms. The van der Waals surface area contributed by atoms with Gasteiger partial charge in [0.2, 0.25) is 0 Å². The van der Waals surface area contributed by atoms with Gasteiger partial charge in [-0.1, -0.05) is 35.5 Å². The maximum Gasteiger partial charge on any atom is 0.256 e. The highest BCUT2D eigenvalue weighted by molar-refractivity contribution is 5.83. The summed E-state index contributed by atoms with van der Waals surface area (Å²) >= 11 is 0. The van der Waals surface area contributed by atoms with E-state index in [0.29, 0.717) is 24.4 Å². The summed E-state index contributed by atoms with van der Waals surface area (Å²) in [5, 5.41) is 22.9. The third-order valence-electron chi connectivity index (χ3n) is 3.69. The molecule has 0 saturated carbocycles. The van der Waals surface area contributed by atoms with E-state index in [-0.39, 0.29) is 18.4 Å². The Kier molecular flexibility index (Phi) is 3.72. The maximum absolute atomic E-state index is 12.2. The van der Waals surface area contributed by atoms with Crippen molar-refractivity contribution in [2.24, 2.45) is 0 Å². The molecule has 1 aromatic carbocycles. The average Bonchev–Trinajstić information content (AvgIpc) is 2.94. The molecule has 2 heterocycles. The van der Waals surface area contributed by atoms with Gasteiger partial charge in [0.25, 0.3) is 5.91 Å². The summed E-state index contributed by atoms with van der Waals surface area (Å²) in [7, 11) is 0. The lowest BCUT2D eigenvalue weighted by Crippen LogP contribution is -2.50. The lowest BCUT2D eigenvalue weighted by atomic mass is 9.94. The van der Waals surface area contributed by atoms with Crippen molar-refractivity contribution in [3.05, 3.63) is 53.4 Å². The van der Waals surface area contributed by atoms with E-state index >= 15 is 0 Å². The van der Waals surface area contributed by atoms with Gasteiger partial charge >= 0.3 is 0 Å². The lowest BCUT2D eigenvalue weighted by molar-refractivity contribution is -0.145. The highest BCUT2D eigenvalue weighted by Gasteiger charge is 2.36. The Hall–Kier alpha value is -2.18. The zero-order valence-electron chi connectivity index (χ0n) is 11.3. The van der Waals surface area contributed by atoms with Crippen LogP contribution in [0.1, 0.15) is 29.0 Å². The second kappa shape index (κ2) is 5.67. The molecule has 0 bridgehead atoms. The van der Waals surface area contributed by atoms with Crippen molar-refractivity contribution in [1.29, 1.82) is 0 Å². The Morgan fingerprint density at radius 2 is 2.10 bits per heavy atom. The van der Waals surface area contributed by atoms with Crippen molar-refractivity contribution in [2.75, 3.05) is 13.1 Å². The van der Waals surface area contributed by atoms with Gasteiger partial charge in [0.15, 0.2) is 11.9 Å². The van der Waals surface area contributed by atoms with Crippen LogP contribution in [0.4, 0.5) is 0 Å². The van der Waals surface area contributed by atoms with Crippen molar-refractivity contribution < 1.29 is 19.5 Å². The lowest BCUT2D eigenvalue weighted by Gasteiger charge is -2.39. The first-order chi connectivity index (χ1) is 10.2. The second-order valence-corrected chi connectivity index (χ2v) is 5.13. The highest BCUT2D eigenvalue weighted by Crippen LogP contribution is 2.29. The molecule has 1 aliphatic heterocycles. The van der Waals surface area contributed by atoms with E-state index in [1.165, 1.54) is 0 Å². The summed E-state index contributed by atoms with van der Waals surface area (Å²) in [6.45, 7) is 0.815. The summed E-state index contributed by atoms with van der Waals surface area (Å²) < 4.78 is 4.93. The fourth-order valence-electron chi connectivity index (χ4n) is 2.39. The summed E-state index contributed by atoms with van der Waals surface area (Å²) in [4.78, 5) is 13.7. The Morgan fingerprint density at radius 3 is 2.71 bits per heavy atom. The smallest absolute Gasteiger partial charge is 0.256 e. The molecule has 1 amide bonds. The molecule has 110 valence electrons. The third kappa shape index (κ3) is 2.68. The Morgan fingerprint density at radius 1 is 1.38 bits per heavy atom. The molecule has 2 aromatic rings. The molecule has 1 atom stereocenters. The second-order valence-electron chi connectivity index (χ2n) is 5.13. The number of carbonyl (C=O) groups excluding carboxylic acids is 1. The van der Waals surface area contributed by atoms with E-state index in [2.05, 4.69) is 5.16 Å². The number of rotatable bonds is 4. The van der Waals surface area contributed by atoms with Crippen LogP contribution in [0.2, 0.25) is 0 Å². The third-order valence-corrected chi connectivity index (χ3v) is 3.69. The molecule has 1 aromatic heterocycles. The van der Waals surface area contributed by atoms with Crippen molar-refractivity contribution in [3.8, 4) is 0 Å². The van der Waals surface area contributed by atoms with E-state index in [1.54, 1.807) is 35.2 Å². The number of carbonyl (C=O) groups is 1. The van der Waals surface area contributed by atoms with Crippen molar-refractivity contribution in [1.82, 2.24) is 10.1 Å². The van der Waals surface area contributed by atoms with E-state index in [9.17, 15) is 9.90 Å². The fourth-order valence-corrected chi connectivity index (χ4v) is 2.39. The minimum absolute atomic E-state index is 0.0981. The van der Waals surface area contributed by atoms with Crippen LogP contribution in [0.5, 0.6) is 0 Å². The SMILES string of the molecule is O=C(C(O)c1ccccc1)N1CC(c2cc(CO)on2)C1. The molecule has 21 heavy (non-hydrogen) atoms. The van der Waals surface area contributed by atoms with Gasteiger partial charge in [0, 0.05) is 25.1 Å². The van der Waals surface area contributed by atoms with Crippen LogP contribution in [0.15, 0.2) is 40.9 Å². The minimum Gasteiger partial charge on any atom is -0.388 e. The van der Waals surface area contributed by atoms with Crippen LogP contribution in [0, 0.1) is 0 Å². The van der Waals surface area contributed by atoms with Crippen LogP contribution in [-0.4, -0.2) is 39.3 Å². The molecule has 1 unspecified atom stereocenters. The first-order valence-electron chi connectivity index (χ1n) is 6.77. The normalized spacial score (nSPS) is 16.6. The van der Waals surface area contributed by atoms with Gasteiger partial charge in [-0.05, 0) is 5.56 Å². The first-order valence-corrected chi connectivity index (χ1v) is 6.77. The van der Waals surface area contributed by atoms with Gasteiger partial charge in [-0.15, -0.1) is 0 Å². The number of amides is 1. The molecule has 0 spiro atoms. The van der Waals surface area contributed by atoms with Crippen molar-refractivity contribution in [3.63, 3.8) is 0 Å². The van der Waals surface area contributed by atoms with Gasteiger partial charge in [0.1, 0.15) is 6.61 Å². The van der Waals surface area contributed by atoms with Crippen LogP contribution < -0.4 is 0 Å². The largest absolute Gasteiger partial charge is 0.388 e. The van der Waals surface area contributed by atoms with Crippen LogP contribution in [0.25, 0.3) is 0 Å². The standard InChI is InChI=1S/C15H16N2O4/c18-9-12-6-13(16-21-12)11-7-17(8-11)15(20)14(19)10-4-2-1-3-5-10/h1-6,11,14,18-19H,7-9H2. The first kappa shape index (κ1) is 13.8. The number of aromatic nitrogens is 1. The molecule has 1 fully saturated rings. The van der Waals surface area contributed by atoms with Crippen LogP contribution in [-0.2, 0) is 11.4 Å². The number of aliphatic hydroxyl groups is 2. The fraction of sp³-hybridized carbons (Fsp3) is 0.333. The van der Waals surface area contributed by atoms with Crippen LogP contribution >= 0.6 is 0 Å². The number of nitrogens with zero attached hydrogens (tertiary/aromatic N) is 2. The predicted molar refractivity (Wildman–Crippen MR) is 73.1 cm³/mol.